The Morgan fingerprint density at radius 2 is 2.00 bits per heavy atom. The van der Waals surface area contributed by atoms with E-state index in [0.717, 1.165) is 36.3 Å². The third-order valence-corrected chi connectivity index (χ3v) is 6.43. The molecule has 1 aromatic carbocycles. The van der Waals surface area contributed by atoms with E-state index in [0.29, 0.717) is 6.54 Å². The number of carbonyl (C=O) groups is 1. The first-order valence-electron chi connectivity index (χ1n) is 8.32. The van der Waals surface area contributed by atoms with Crippen LogP contribution in [0.5, 0.6) is 0 Å². The van der Waals surface area contributed by atoms with Gasteiger partial charge < -0.3 is 10.6 Å². The van der Waals surface area contributed by atoms with Gasteiger partial charge >= 0.3 is 0 Å². The number of amides is 1. The maximum Gasteiger partial charge on any atom is 0.270 e. The van der Waals surface area contributed by atoms with Gasteiger partial charge in [0.2, 0.25) is 15.9 Å². The van der Waals surface area contributed by atoms with E-state index in [1.807, 2.05) is 0 Å². The van der Waals surface area contributed by atoms with Gasteiger partial charge in [0, 0.05) is 25.7 Å². The van der Waals surface area contributed by atoms with Gasteiger partial charge in [-0.1, -0.05) is 13.0 Å². The largest absolute Gasteiger partial charge is 0.354 e. The highest BCUT2D eigenvalue weighted by atomic mass is 35.5. The Morgan fingerprint density at radius 1 is 1.37 bits per heavy atom. The number of nitrogens with zero attached hydrogens (tertiary/aromatic N) is 2. The SMILES string of the molecule is CN(CC(=O)NCC1(C)CCNCC1)S(=O)(=O)c1cccc([N+](=O)[O-])c1.Cl. The maximum absolute atomic E-state index is 12.5. The van der Waals surface area contributed by atoms with Crippen LogP contribution in [0.4, 0.5) is 5.69 Å². The fourth-order valence-electron chi connectivity index (χ4n) is 2.80. The van der Waals surface area contributed by atoms with E-state index in [1.54, 1.807) is 0 Å². The van der Waals surface area contributed by atoms with Crippen molar-refractivity contribution in [2.24, 2.45) is 5.41 Å². The summed E-state index contributed by atoms with van der Waals surface area (Å²) in [5.41, 5.74) is -0.318. The smallest absolute Gasteiger partial charge is 0.270 e. The number of halogens is 1. The molecule has 2 rings (SSSR count). The fraction of sp³-hybridized carbons (Fsp3) is 0.562. The van der Waals surface area contributed by atoms with Crippen molar-refractivity contribution < 1.29 is 18.1 Å². The molecule has 0 bridgehead atoms. The molecule has 0 spiro atoms. The number of hydrogen-bond acceptors (Lipinski definition) is 6. The van der Waals surface area contributed by atoms with Gasteiger partial charge in [-0.3, -0.25) is 14.9 Å². The monoisotopic (exact) mass is 420 g/mol. The Balaban J connectivity index is 0.00000364. The predicted molar refractivity (Wildman–Crippen MR) is 103 cm³/mol. The van der Waals surface area contributed by atoms with Gasteiger partial charge in [0.25, 0.3) is 5.69 Å². The molecular formula is C16H25ClN4O5S. The van der Waals surface area contributed by atoms with Crippen LogP contribution < -0.4 is 10.6 Å². The molecule has 0 aliphatic carbocycles. The Kier molecular flexibility index (Phi) is 8.15. The minimum absolute atomic E-state index is 0. The lowest BCUT2D eigenvalue weighted by Gasteiger charge is -2.34. The molecule has 11 heteroatoms. The molecule has 0 atom stereocenters. The molecule has 1 heterocycles. The summed E-state index contributed by atoms with van der Waals surface area (Å²) in [6, 6.07) is 4.77. The summed E-state index contributed by atoms with van der Waals surface area (Å²) in [4.78, 5) is 22.1. The molecule has 0 radical (unpaired) electrons. The number of non-ortho nitro benzene ring substituents is 1. The number of rotatable bonds is 7. The molecule has 1 aromatic rings. The Morgan fingerprint density at radius 3 is 2.59 bits per heavy atom. The zero-order valence-corrected chi connectivity index (χ0v) is 16.9. The van der Waals surface area contributed by atoms with Crippen LogP contribution >= 0.6 is 12.4 Å². The maximum atomic E-state index is 12.5. The molecule has 9 nitrogen and oxygen atoms in total. The number of nitro groups is 1. The zero-order valence-electron chi connectivity index (χ0n) is 15.3. The van der Waals surface area contributed by atoms with Crippen molar-refractivity contribution in [1.29, 1.82) is 0 Å². The van der Waals surface area contributed by atoms with Gasteiger partial charge in [-0.15, -0.1) is 12.4 Å². The topological polar surface area (TPSA) is 122 Å². The van der Waals surface area contributed by atoms with Crippen molar-refractivity contribution >= 4 is 34.0 Å². The average molecular weight is 421 g/mol. The fourth-order valence-corrected chi connectivity index (χ4v) is 3.97. The second-order valence-corrected chi connectivity index (χ2v) is 8.90. The molecule has 27 heavy (non-hydrogen) atoms. The lowest BCUT2D eigenvalue weighted by atomic mass is 9.81. The summed E-state index contributed by atoms with van der Waals surface area (Å²) in [6.45, 7) is 4.02. The molecule has 1 fully saturated rings. The van der Waals surface area contributed by atoms with E-state index in [9.17, 15) is 23.3 Å². The van der Waals surface area contributed by atoms with Crippen LogP contribution in [0.25, 0.3) is 0 Å². The molecule has 152 valence electrons. The zero-order chi connectivity index (χ0) is 19.4. The number of nitro benzene ring substituents is 1. The van der Waals surface area contributed by atoms with Crippen molar-refractivity contribution in [2.75, 3.05) is 33.2 Å². The van der Waals surface area contributed by atoms with Gasteiger partial charge in [-0.05, 0) is 37.4 Å². The predicted octanol–water partition coefficient (Wildman–Crippen LogP) is 1.14. The van der Waals surface area contributed by atoms with Crippen molar-refractivity contribution in [3.8, 4) is 0 Å². The summed E-state index contributed by atoms with van der Waals surface area (Å²) in [6.07, 6.45) is 1.88. The molecule has 1 amide bonds. The van der Waals surface area contributed by atoms with E-state index in [1.165, 1.54) is 25.2 Å². The first-order chi connectivity index (χ1) is 12.1. The summed E-state index contributed by atoms with van der Waals surface area (Å²) < 4.78 is 25.9. The number of piperidine rings is 1. The van der Waals surface area contributed by atoms with E-state index >= 15 is 0 Å². The van der Waals surface area contributed by atoms with Crippen LogP contribution in [0.3, 0.4) is 0 Å². The molecule has 0 saturated carbocycles. The first kappa shape index (κ1) is 23.3. The molecule has 1 saturated heterocycles. The lowest BCUT2D eigenvalue weighted by Crippen LogP contribution is -2.45. The number of hydrogen-bond donors (Lipinski definition) is 2. The summed E-state index contributed by atoms with van der Waals surface area (Å²) >= 11 is 0. The molecule has 0 unspecified atom stereocenters. The van der Waals surface area contributed by atoms with Gasteiger partial charge in [0.05, 0.1) is 16.4 Å². The third-order valence-electron chi connectivity index (χ3n) is 4.63. The van der Waals surface area contributed by atoms with Crippen molar-refractivity contribution in [2.45, 2.75) is 24.7 Å². The highest BCUT2D eigenvalue weighted by Crippen LogP contribution is 2.26. The van der Waals surface area contributed by atoms with E-state index in [-0.39, 0.29) is 34.9 Å². The molecule has 2 N–H and O–H groups in total. The Hall–Kier alpha value is -1.75. The van der Waals surface area contributed by atoms with Crippen LogP contribution in [0.2, 0.25) is 0 Å². The first-order valence-corrected chi connectivity index (χ1v) is 9.76. The molecule has 1 aliphatic rings. The second-order valence-electron chi connectivity index (χ2n) is 6.85. The normalized spacial score (nSPS) is 16.4. The molecule has 0 aromatic heterocycles. The summed E-state index contributed by atoms with van der Waals surface area (Å²) in [5, 5.41) is 16.9. The number of likely N-dealkylation sites (N-methyl/N-ethyl adjacent to an activating group) is 1. The second kappa shape index (κ2) is 9.45. The molecular weight excluding hydrogens is 396 g/mol. The van der Waals surface area contributed by atoms with Crippen LogP contribution in [-0.4, -0.2) is 56.8 Å². The number of carbonyl (C=O) groups excluding carboxylic acids is 1. The minimum atomic E-state index is -3.99. The third kappa shape index (κ3) is 6.13. The average Bonchev–Trinajstić information content (AvgIpc) is 2.60. The van der Waals surface area contributed by atoms with Crippen molar-refractivity contribution in [3.63, 3.8) is 0 Å². The van der Waals surface area contributed by atoms with Crippen LogP contribution in [-0.2, 0) is 14.8 Å². The molecule has 1 aliphatic heterocycles. The van der Waals surface area contributed by atoms with Gasteiger partial charge in [0.15, 0.2) is 0 Å². The Labute approximate surface area is 165 Å². The highest BCUT2D eigenvalue weighted by Gasteiger charge is 2.28. The Bertz CT molecular complexity index is 781. The standard InChI is InChI=1S/C16H24N4O5S.ClH/c1-16(6-8-17-9-7-16)12-18-15(21)11-19(2)26(24,25)14-5-3-4-13(10-14)20(22)23;/h3-5,10,17H,6-9,11-12H2,1-2H3,(H,18,21);1H. The number of sulfonamides is 1. The van der Waals surface area contributed by atoms with Gasteiger partial charge in [-0.25, -0.2) is 8.42 Å². The van der Waals surface area contributed by atoms with Crippen LogP contribution in [0.15, 0.2) is 29.2 Å². The lowest BCUT2D eigenvalue weighted by molar-refractivity contribution is -0.385. The van der Waals surface area contributed by atoms with Crippen LogP contribution in [0, 0.1) is 15.5 Å². The highest BCUT2D eigenvalue weighted by molar-refractivity contribution is 7.89. The van der Waals surface area contributed by atoms with E-state index in [4.69, 9.17) is 0 Å². The van der Waals surface area contributed by atoms with Crippen molar-refractivity contribution in [3.05, 3.63) is 34.4 Å². The van der Waals surface area contributed by atoms with Crippen LogP contribution in [0.1, 0.15) is 19.8 Å². The quantitative estimate of drug-likeness (QED) is 0.504. The summed E-state index contributed by atoms with van der Waals surface area (Å²) in [7, 11) is -2.71. The number of nitrogens with one attached hydrogen (secondary N) is 2. The van der Waals surface area contributed by atoms with Crippen molar-refractivity contribution in [1.82, 2.24) is 14.9 Å². The van der Waals surface area contributed by atoms with Gasteiger partial charge in [-0.2, -0.15) is 4.31 Å². The summed E-state index contributed by atoms with van der Waals surface area (Å²) in [5.74, 6) is -0.402. The minimum Gasteiger partial charge on any atom is -0.354 e. The van der Waals surface area contributed by atoms with E-state index < -0.39 is 20.9 Å². The van der Waals surface area contributed by atoms with E-state index in [2.05, 4.69) is 17.6 Å². The number of benzene rings is 1. The van der Waals surface area contributed by atoms with Gasteiger partial charge in [0.1, 0.15) is 0 Å².